The smallest absolute Gasteiger partial charge is 0.301 e. The summed E-state index contributed by atoms with van der Waals surface area (Å²) in [6, 6.07) is 6.71. The van der Waals surface area contributed by atoms with Crippen molar-refractivity contribution < 1.29 is 9.66 Å². The summed E-state index contributed by atoms with van der Waals surface area (Å²) in [5.74, 6) is 0. The Morgan fingerprint density at radius 1 is 1.50 bits per heavy atom. The molecule has 2 aromatic heterocycles. The number of nitrogens with zero attached hydrogens (tertiary/aromatic N) is 4. The molecule has 0 aliphatic heterocycles. The Kier molecular flexibility index (Phi) is 5.04. The van der Waals surface area contributed by atoms with Gasteiger partial charge in [-0.2, -0.15) is 5.26 Å². The number of hydrogen-bond acceptors (Lipinski definition) is 7. The summed E-state index contributed by atoms with van der Waals surface area (Å²) in [4.78, 5) is 18.9. The number of aryl methyl sites for hydroxylation is 1. The van der Waals surface area contributed by atoms with Crippen LogP contribution in [0.1, 0.15) is 16.8 Å². The highest BCUT2D eigenvalue weighted by Gasteiger charge is 2.19. The van der Waals surface area contributed by atoms with Crippen LogP contribution in [0.4, 0.5) is 5.69 Å². The summed E-state index contributed by atoms with van der Waals surface area (Å²) in [5.41, 5.74) is 1.62. The molecule has 0 N–H and O–H groups in total. The second kappa shape index (κ2) is 6.98. The quantitative estimate of drug-likeness (QED) is 0.617. The van der Waals surface area contributed by atoms with Crippen molar-refractivity contribution in [3.63, 3.8) is 0 Å². The van der Waals surface area contributed by atoms with Crippen molar-refractivity contribution in [3.05, 3.63) is 51.3 Å². The highest BCUT2D eigenvalue weighted by molar-refractivity contribution is 7.99. The summed E-state index contributed by atoms with van der Waals surface area (Å²) < 4.78 is 5.08. The SMILES string of the molecule is COCc1cc(C)nc(Sc2ncccc2[N+](=O)[O-])c1C#N. The second-order valence-electron chi connectivity index (χ2n) is 4.33. The first-order chi connectivity index (χ1) is 10.6. The van der Waals surface area contributed by atoms with E-state index in [1.165, 1.54) is 25.4 Å². The number of nitriles is 1. The van der Waals surface area contributed by atoms with Gasteiger partial charge in [0, 0.05) is 30.6 Å². The number of rotatable bonds is 5. The molecule has 0 spiro atoms. The Morgan fingerprint density at radius 3 is 2.91 bits per heavy atom. The lowest BCUT2D eigenvalue weighted by atomic mass is 10.1. The highest BCUT2D eigenvalue weighted by Crippen LogP contribution is 2.34. The number of pyridine rings is 2. The van der Waals surface area contributed by atoms with Crippen LogP contribution in [-0.4, -0.2) is 22.0 Å². The Morgan fingerprint density at radius 2 is 2.27 bits per heavy atom. The monoisotopic (exact) mass is 316 g/mol. The third kappa shape index (κ3) is 3.39. The van der Waals surface area contributed by atoms with Gasteiger partial charge in [-0.25, -0.2) is 9.97 Å². The van der Waals surface area contributed by atoms with Crippen molar-refractivity contribution in [2.24, 2.45) is 0 Å². The van der Waals surface area contributed by atoms with Crippen molar-refractivity contribution in [3.8, 4) is 6.07 Å². The highest BCUT2D eigenvalue weighted by atomic mass is 32.2. The minimum absolute atomic E-state index is 0.118. The van der Waals surface area contributed by atoms with Crippen LogP contribution in [0.5, 0.6) is 0 Å². The number of hydrogen-bond donors (Lipinski definition) is 0. The molecule has 0 aliphatic carbocycles. The van der Waals surface area contributed by atoms with Gasteiger partial charge in [-0.15, -0.1) is 0 Å². The molecule has 0 atom stereocenters. The molecule has 112 valence electrons. The van der Waals surface area contributed by atoms with Crippen LogP contribution >= 0.6 is 11.8 Å². The van der Waals surface area contributed by atoms with E-state index in [2.05, 4.69) is 16.0 Å². The topological polar surface area (TPSA) is 102 Å². The molecule has 0 saturated carbocycles. The summed E-state index contributed by atoms with van der Waals surface area (Å²) in [7, 11) is 1.54. The van der Waals surface area contributed by atoms with E-state index in [4.69, 9.17) is 4.74 Å². The Labute approximate surface area is 131 Å². The molecule has 0 saturated heterocycles. The fourth-order valence-electron chi connectivity index (χ4n) is 1.86. The molecule has 2 rings (SSSR count). The predicted molar refractivity (Wildman–Crippen MR) is 79.4 cm³/mol. The summed E-state index contributed by atoms with van der Waals surface area (Å²) in [6.07, 6.45) is 1.47. The zero-order valence-corrected chi connectivity index (χ0v) is 12.8. The number of aromatic nitrogens is 2. The van der Waals surface area contributed by atoms with Gasteiger partial charge in [0.25, 0.3) is 0 Å². The van der Waals surface area contributed by atoms with Crippen LogP contribution in [0.2, 0.25) is 0 Å². The normalized spacial score (nSPS) is 10.2. The van der Waals surface area contributed by atoms with Crippen molar-refractivity contribution >= 4 is 17.4 Å². The van der Waals surface area contributed by atoms with Crippen LogP contribution in [0.15, 0.2) is 34.4 Å². The largest absolute Gasteiger partial charge is 0.380 e. The zero-order chi connectivity index (χ0) is 16.1. The maximum atomic E-state index is 11.0. The molecule has 22 heavy (non-hydrogen) atoms. The molecule has 0 bridgehead atoms. The van der Waals surface area contributed by atoms with E-state index in [1.807, 2.05) is 0 Å². The van der Waals surface area contributed by atoms with Gasteiger partial charge in [-0.05, 0) is 30.8 Å². The zero-order valence-electron chi connectivity index (χ0n) is 11.9. The first kappa shape index (κ1) is 15.9. The van der Waals surface area contributed by atoms with Crippen molar-refractivity contribution in [1.82, 2.24) is 9.97 Å². The third-order valence-corrected chi connectivity index (χ3v) is 3.75. The molecule has 0 fully saturated rings. The molecule has 0 radical (unpaired) electrons. The van der Waals surface area contributed by atoms with Crippen LogP contribution in [0.3, 0.4) is 0 Å². The van der Waals surface area contributed by atoms with Gasteiger partial charge in [0.05, 0.1) is 17.1 Å². The van der Waals surface area contributed by atoms with Crippen LogP contribution in [0, 0.1) is 28.4 Å². The maximum Gasteiger partial charge on any atom is 0.301 e. The lowest BCUT2D eigenvalue weighted by molar-refractivity contribution is -0.388. The lowest BCUT2D eigenvalue weighted by Crippen LogP contribution is -2.00. The summed E-state index contributed by atoms with van der Waals surface area (Å²) >= 11 is 1.01. The van der Waals surface area contributed by atoms with E-state index in [0.717, 1.165) is 11.8 Å². The Hall–Kier alpha value is -2.50. The van der Waals surface area contributed by atoms with Gasteiger partial charge in [-0.3, -0.25) is 10.1 Å². The van der Waals surface area contributed by atoms with Gasteiger partial charge < -0.3 is 4.74 Å². The van der Waals surface area contributed by atoms with Gasteiger partial charge in [0.1, 0.15) is 11.1 Å². The molecule has 0 aromatic carbocycles. The molecule has 0 amide bonds. The molecule has 2 heterocycles. The number of nitro groups is 1. The first-order valence-corrected chi connectivity index (χ1v) is 7.05. The average molecular weight is 316 g/mol. The van der Waals surface area contributed by atoms with Gasteiger partial charge in [-0.1, -0.05) is 0 Å². The van der Waals surface area contributed by atoms with Crippen LogP contribution < -0.4 is 0 Å². The standard InChI is InChI=1S/C14H12N4O3S/c1-9-6-10(8-21-2)11(7-15)13(17-9)22-14-12(18(19)20)4-3-5-16-14/h3-6H,8H2,1-2H3. The third-order valence-electron chi connectivity index (χ3n) is 2.75. The lowest BCUT2D eigenvalue weighted by Gasteiger charge is -2.09. The van der Waals surface area contributed by atoms with E-state index < -0.39 is 4.92 Å². The number of methoxy groups -OCH3 is 1. The molecule has 8 heteroatoms. The Bertz CT molecular complexity index is 758. The van der Waals surface area contributed by atoms with Gasteiger partial charge in [0.15, 0.2) is 5.03 Å². The first-order valence-electron chi connectivity index (χ1n) is 6.23. The molecule has 0 aliphatic rings. The fourth-order valence-corrected chi connectivity index (χ4v) is 2.88. The summed E-state index contributed by atoms with van der Waals surface area (Å²) in [5, 5.41) is 21.0. The van der Waals surface area contributed by atoms with E-state index in [1.54, 1.807) is 13.0 Å². The average Bonchev–Trinajstić information content (AvgIpc) is 2.47. The van der Waals surface area contributed by atoms with Gasteiger partial charge in [0.2, 0.25) is 0 Å². The fraction of sp³-hybridized carbons (Fsp3) is 0.214. The molecule has 7 nitrogen and oxygen atoms in total. The number of ether oxygens (including phenoxy) is 1. The van der Waals surface area contributed by atoms with E-state index in [9.17, 15) is 15.4 Å². The summed E-state index contributed by atoms with van der Waals surface area (Å²) in [6.45, 7) is 2.06. The van der Waals surface area contributed by atoms with E-state index in [0.29, 0.717) is 21.8 Å². The minimum Gasteiger partial charge on any atom is -0.380 e. The minimum atomic E-state index is -0.507. The Balaban J connectivity index is 2.50. The van der Waals surface area contributed by atoms with Crippen molar-refractivity contribution in [1.29, 1.82) is 5.26 Å². The van der Waals surface area contributed by atoms with E-state index in [-0.39, 0.29) is 17.3 Å². The van der Waals surface area contributed by atoms with E-state index >= 15 is 0 Å². The molecular formula is C14H12N4O3S. The molecular weight excluding hydrogens is 304 g/mol. The van der Waals surface area contributed by atoms with Crippen LogP contribution in [0.25, 0.3) is 0 Å². The van der Waals surface area contributed by atoms with Crippen LogP contribution in [-0.2, 0) is 11.3 Å². The second-order valence-corrected chi connectivity index (χ2v) is 5.31. The van der Waals surface area contributed by atoms with Crippen molar-refractivity contribution in [2.45, 2.75) is 23.6 Å². The maximum absolute atomic E-state index is 11.0. The predicted octanol–water partition coefficient (Wildman–Crippen LogP) is 2.86. The molecule has 0 unspecified atom stereocenters. The molecule has 2 aromatic rings. The van der Waals surface area contributed by atoms with Crippen molar-refractivity contribution in [2.75, 3.05) is 7.11 Å². The van der Waals surface area contributed by atoms with Gasteiger partial charge >= 0.3 is 5.69 Å².